The van der Waals surface area contributed by atoms with E-state index in [9.17, 15) is 9.00 Å². The van der Waals surface area contributed by atoms with Crippen molar-refractivity contribution in [2.75, 3.05) is 13.1 Å². The first kappa shape index (κ1) is 22.8. The molecular formula is C25H27ClN2O3S. The SMILES string of the molecule is O=C(NC1CCN(Cc2ccccc2)CC1)c1ccc(C[S@@](=O)Cc2cccc(Cl)c2)o1. The minimum atomic E-state index is -1.15. The second kappa shape index (κ2) is 10.9. The Labute approximate surface area is 196 Å². The summed E-state index contributed by atoms with van der Waals surface area (Å²) in [5, 5.41) is 3.71. The van der Waals surface area contributed by atoms with Gasteiger partial charge in [-0.15, -0.1) is 0 Å². The largest absolute Gasteiger partial charge is 0.455 e. The smallest absolute Gasteiger partial charge is 0.287 e. The summed E-state index contributed by atoms with van der Waals surface area (Å²) in [5.41, 5.74) is 2.23. The van der Waals surface area contributed by atoms with Gasteiger partial charge in [0, 0.05) is 47.3 Å². The Morgan fingerprint density at radius 1 is 1.00 bits per heavy atom. The van der Waals surface area contributed by atoms with Crippen LogP contribution >= 0.6 is 11.6 Å². The van der Waals surface area contributed by atoms with Gasteiger partial charge < -0.3 is 9.73 Å². The minimum Gasteiger partial charge on any atom is -0.455 e. The third-order valence-electron chi connectivity index (χ3n) is 5.58. The minimum absolute atomic E-state index is 0.139. The Morgan fingerprint density at radius 3 is 2.50 bits per heavy atom. The normalized spacial score (nSPS) is 16.0. The fraction of sp³-hybridized carbons (Fsp3) is 0.320. The summed E-state index contributed by atoms with van der Waals surface area (Å²) >= 11 is 5.99. The van der Waals surface area contributed by atoms with Crippen molar-refractivity contribution in [1.29, 1.82) is 0 Å². The molecule has 2 aromatic carbocycles. The summed E-state index contributed by atoms with van der Waals surface area (Å²) in [6.07, 6.45) is 1.82. The molecule has 0 aliphatic carbocycles. The van der Waals surface area contributed by atoms with Crippen molar-refractivity contribution in [3.63, 3.8) is 0 Å². The number of halogens is 1. The Balaban J connectivity index is 1.23. The number of hydrogen-bond donors (Lipinski definition) is 1. The molecule has 1 aromatic heterocycles. The number of carbonyl (C=O) groups excluding carboxylic acids is 1. The lowest BCUT2D eigenvalue weighted by Crippen LogP contribution is -2.44. The van der Waals surface area contributed by atoms with Crippen molar-refractivity contribution >= 4 is 28.3 Å². The van der Waals surface area contributed by atoms with Crippen LogP contribution in [0.1, 0.15) is 40.3 Å². The number of piperidine rings is 1. The molecule has 0 saturated carbocycles. The zero-order valence-corrected chi connectivity index (χ0v) is 19.4. The highest BCUT2D eigenvalue weighted by atomic mass is 35.5. The van der Waals surface area contributed by atoms with E-state index < -0.39 is 10.8 Å². The molecule has 7 heteroatoms. The third kappa shape index (κ3) is 6.55. The topological polar surface area (TPSA) is 62.6 Å². The molecule has 2 heterocycles. The van der Waals surface area contributed by atoms with Crippen LogP contribution < -0.4 is 5.32 Å². The van der Waals surface area contributed by atoms with Crippen molar-refractivity contribution in [3.05, 3.63) is 94.4 Å². The van der Waals surface area contributed by atoms with Crippen molar-refractivity contribution in [3.8, 4) is 0 Å². The molecule has 32 heavy (non-hydrogen) atoms. The summed E-state index contributed by atoms with van der Waals surface area (Å²) in [5.74, 6) is 1.26. The molecule has 1 aliphatic heterocycles. The first-order valence-corrected chi connectivity index (χ1v) is 12.7. The van der Waals surface area contributed by atoms with E-state index >= 15 is 0 Å². The zero-order valence-electron chi connectivity index (χ0n) is 17.8. The molecule has 0 unspecified atom stereocenters. The van der Waals surface area contributed by atoms with Gasteiger partial charge in [0.2, 0.25) is 0 Å². The number of likely N-dealkylation sites (tertiary alicyclic amines) is 1. The van der Waals surface area contributed by atoms with Gasteiger partial charge in [0.1, 0.15) is 5.76 Å². The van der Waals surface area contributed by atoms with Crippen LogP contribution in [0.3, 0.4) is 0 Å². The van der Waals surface area contributed by atoms with E-state index in [4.69, 9.17) is 16.0 Å². The van der Waals surface area contributed by atoms with E-state index in [1.807, 2.05) is 24.3 Å². The van der Waals surface area contributed by atoms with E-state index in [0.717, 1.165) is 38.0 Å². The number of nitrogens with one attached hydrogen (secondary N) is 1. The predicted octanol–water partition coefficient (Wildman–Crippen LogP) is 4.78. The predicted molar refractivity (Wildman–Crippen MR) is 128 cm³/mol. The fourth-order valence-corrected chi connectivity index (χ4v) is 5.27. The number of furan rings is 1. The average Bonchev–Trinajstić information content (AvgIpc) is 3.24. The van der Waals surface area contributed by atoms with Crippen molar-refractivity contribution in [1.82, 2.24) is 10.2 Å². The van der Waals surface area contributed by atoms with Gasteiger partial charge >= 0.3 is 0 Å². The quantitative estimate of drug-likeness (QED) is 0.514. The van der Waals surface area contributed by atoms with Crippen LogP contribution in [-0.4, -0.2) is 34.1 Å². The molecule has 1 fully saturated rings. The number of amides is 1. The highest BCUT2D eigenvalue weighted by molar-refractivity contribution is 7.83. The molecule has 1 amide bonds. The Bertz CT molecular complexity index is 1060. The van der Waals surface area contributed by atoms with Gasteiger partial charge in [0.15, 0.2) is 5.76 Å². The maximum Gasteiger partial charge on any atom is 0.287 e. The summed E-state index contributed by atoms with van der Waals surface area (Å²) in [6, 6.07) is 21.3. The molecule has 0 spiro atoms. The number of benzene rings is 2. The lowest BCUT2D eigenvalue weighted by Gasteiger charge is -2.32. The van der Waals surface area contributed by atoms with E-state index in [1.165, 1.54) is 5.56 Å². The summed E-state index contributed by atoms with van der Waals surface area (Å²) in [6.45, 7) is 2.84. The molecular weight excluding hydrogens is 444 g/mol. The molecule has 1 aliphatic rings. The van der Waals surface area contributed by atoms with Gasteiger partial charge in [-0.1, -0.05) is 54.1 Å². The van der Waals surface area contributed by atoms with Crippen LogP contribution in [0.2, 0.25) is 5.02 Å². The second-order valence-electron chi connectivity index (χ2n) is 8.13. The van der Waals surface area contributed by atoms with E-state index in [2.05, 4.69) is 34.5 Å². The molecule has 1 N–H and O–H groups in total. The van der Waals surface area contributed by atoms with Crippen LogP contribution in [-0.2, 0) is 28.9 Å². The molecule has 0 bridgehead atoms. The molecule has 4 rings (SSSR count). The number of hydrogen-bond acceptors (Lipinski definition) is 4. The summed E-state index contributed by atoms with van der Waals surface area (Å²) < 4.78 is 18.1. The zero-order chi connectivity index (χ0) is 22.3. The van der Waals surface area contributed by atoms with E-state index in [1.54, 1.807) is 18.2 Å². The molecule has 1 saturated heterocycles. The van der Waals surface area contributed by atoms with Gasteiger partial charge in [-0.3, -0.25) is 13.9 Å². The van der Waals surface area contributed by atoms with Crippen LogP contribution in [0.25, 0.3) is 0 Å². The standard InChI is InChI=1S/C25H27ClN2O3S/c26-21-8-4-7-20(15-21)17-32(30)18-23-9-10-24(31-23)25(29)27-22-11-13-28(14-12-22)16-19-5-2-1-3-6-19/h1-10,15,22H,11-14,16-18H2,(H,27,29)/t32-/m0/s1. The van der Waals surface area contributed by atoms with Crippen LogP contribution in [0.15, 0.2) is 71.1 Å². The molecule has 3 aromatic rings. The highest BCUT2D eigenvalue weighted by Crippen LogP contribution is 2.17. The first-order chi connectivity index (χ1) is 15.5. The Morgan fingerprint density at radius 2 is 1.75 bits per heavy atom. The maximum absolute atomic E-state index is 12.6. The monoisotopic (exact) mass is 470 g/mol. The van der Waals surface area contributed by atoms with Gasteiger partial charge in [0.25, 0.3) is 5.91 Å². The summed E-state index contributed by atoms with van der Waals surface area (Å²) in [7, 11) is -1.15. The lowest BCUT2D eigenvalue weighted by atomic mass is 10.0. The van der Waals surface area contributed by atoms with Gasteiger partial charge in [-0.05, 0) is 48.2 Å². The molecule has 0 radical (unpaired) electrons. The van der Waals surface area contributed by atoms with Gasteiger partial charge in [-0.2, -0.15) is 0 Å². The van der Waals surface area contributed by atoms with Crippen LogP contribution in [0.5, 0.6) is 0 Å². The van der Waals surface area contributed by atoms with Crippen LogP contribution in [0, 0.1) is 0 Å². The third-order valence-corrected chi connectivity index (χ3v) is 7.07. The van der Waals surface area contributed by atoms with Crippen molar-refractivity contribution in [2.45, 2.75) is 36.9 Å². The lowest BCUT2D eigenvalue weighted by molar-refractivity contribution is 0.0879. The van der Waals surface area contributed by atoms with Gasteiger partial charge in [0.05, 0.1) is 5.75 Å². The van der Waals surface area contributed by atoms with E-state index in [0.29, 0.717) is 16.5 Å². The van der Waals surface area contributed by atoms with Crippen LogP contribution in [0.4, 0.5) is 0 Å². The molecule has 168 valence electrons. The first-order valence-electron chi connectivity index (χ1n) is 10.8. The van der Waals surface area contributed by atoms with E-state index in [-0.39, 0.29) is 23.5 Å². The van der Waals surface area contributed by atoms with Crippen molar-refractivity contribution in [2.24, 2.45) is 0 Å². The Hall–Kier alpha value is -2.41. The van der Waals surface area contributed by atoms with Gasteiger partial charge in [-0.25, -0.2) is 0 Å². The second-order valence-corrected chi connectivity index (χ2v) is 10.0. The summed E-state index contributed by atoms with van der Waals surface area (Å²) in [4.78, 5) is 15.0. The Kier molecular flexibility index (Phi) is 7.79. The number of nitrogens with zero attached hydrogens (tertiary/aromatic N) is 1. The molecule has 1 atom stereocenters. The average molecular weight is 471 g/mol. The number of rotatable bonds is 8. The van der Waals surface area contributed by atoms with Crippen molar-refractivity contribution < 1.29 is 13.4 Å². The maximum atomic E-state index is 12.6. The number of carbonyl (C=O) groups is 1. The highest BCUT2D eigenvalue weighted by Gasteiger charge is 2.22. The fourth-order valence-electron chi connectivity index (χ4n) is 3.93. The molecule has 5 nitrogen and oxygen atoms in total.